The Morgan fingerprint density at radius 1 is 1.38 bits per heavy atom. The Bertz CT molecular complexity index is 257. The highest BCUT2D eigenvalue weighted by atomic mass is 32.9. The Morgan fingerprint density at radius 3 is 2.44 bits per heavy atom. The van der Waals surface area contributed by atoms with Crippen molar-refractivity contribution in [3.8, 4) is 0 Å². The Hall–Kier alpha value is 0.430. The van der Waals surface area contributed by atoms with Crippen molar-refractivity contribution < 1.29 is 4.52 Å². The quantitative estimate of drug-likeness (QED) is 0.419. The monoisotopic (exact) mass is 282 g/mol. The molecule has 0 heterocycles. The third kappa shape index (κ3) is 8.57. The highest BCUT2D eigenvalue weighted by molar-refractivity contribution is 8.68. The maximum absolute atomic E-state index is 5.45. The first kappa shape index (κ1) is 16.4. The summed E-state index contributed by atoms with van der Waals surface area (Å²) in [7, 11) is 1.66. The lowest BCUT2D eigenvalue weighted by molar-refractivity contribution is 0.467. The van der Waals surface area contributed by atoms with E-state index in [1.807, 2.05) is 0 Å². The first-order valence-electron chi connectivity index (χ1n) is 5.46. The fourth-order valence-corrected chi connectivity index (χ4v) is 4.62. The Morgan fingerprint density at radius 2 is 2.00 bits per heavy atom. The van der Waals surface area contributed by atoms with E-state index in [0.29, 0.717) is 11.8 Å². The Labute approximate surface area is 109 Å². The van der Waals surface area contributed by atoms with Gasteiger partial charge in [-0.05, 0) is 23.6 Å². The summed E-state index contributed by atoms with van der Waals surface area (Å²) in [5.41, 5.74) is -1.96. The van der Waals surface area contributed by atoms with Gasteiger partial charge in [-0.1, -0.05) is 39.1 Å². The lowest BCUT2D eigenvalue weighted by Crippen LogP contribution is -2.09. The van der Waals surface area contributed by atoms with Gasteiger partial charge in [-0.15, -0.1) is 0 Å². The summed E-state index contributed by atoms with van der Waals surface area (Å²) < 4.78 is 5.38. The van der Waals surface area contributed by atoms with Gasteiger partial charge in [-0.3, -0.25) is 4.99 Å². The van der Waals surface area contributed by atoms with Gasteiger partial charge in [0.2, 0.25) is 5.62 Å². The van der Waals surface area contributed by atoms with Crippen molar-refractivity contribution in [3.05, 3.63) is 0 Å². The molecule has 0 radical (unpaired) electrons. The molecule has 1 unspecified atom stereocenters. The van der Waals surface area contributed by atoms with Crippen LogP contribution >= 0.6 is 17.0 Å². The normalized spacial score (nSPS) is 15.9. The zero-order chi connectivity index (χ0) is 12.6. The minimum Gasteiger partial charge on any atom is -0.330 e. The van der Waals surface area contributed by atoms with Crippen LogP contribution in [-0.4, -0.2) is 25.7 Å². The summed E-state index contributed by atoms with van der Waals surface area (Å²) in [6.45, 7) is 9.44. The van der Waals surface area contributed by atoms with Crippen molar-refractivity contribution in [3.63, 3.8) is 0 Å². The molecular formula is C10H23N2OPS2. The second-order valence-corrected chi connectivity index (χ2v) is 11.1. The van der Waals surface area contributed by atoms with E-state index in [2.05, 4.69) is 37.8 Å². The molecule has 16 heavy (non-hydrogen) atoms. The van der Waals surface area contributed by atoms with E-state index >= 15 is 0 Å². The van der Waals surface area contributed by atoms with Gasteiger partial charge in [0.1, 0.15) is 0 Å². The molecular weight excluding hydrogens is 259 g/mol. The number of nitrogens with one attached hydrogen (secondary N) is 1. The Kier molecular flexibility index (Phi) is 8.74. The van der Waals surface area contributed by atoms with Crippen LogP contribution < -0.4 is 5.09 Å². The standard InChI is InChI=1S/C10H23N2OPS2/c1-9(2)6-11-8-12-14(15,13-5)16-7-10(3)4/h8-10H,6-7H2,1-5H3,(H,11,12,15). The molecule has 3 nitrogen and oxygen atoms in total. The van der Waals surface area contributed by atoms with E-state index in [1.165, 1.54) is 0 Å². The van der Waals surface area contributed by atoms with Gasteiger partial charge >= 0.3 is 0 Å². The van der Waals surface area contributed by atoms with Crippen LogP contribution in [0.25, 0.3) is 0 Å². The van der Waals surface area contributed by atoms with Gasteiger partial charge < -0.3 is 9.61 Å². The third-order valence-corrected chi connectivity index (χ3v) is 7.61. The molecule has 1 N–H and O–H groups in total. The fraction of sp³-hybridized carbons (Fsp3) is 0.900. The average Bonchev–Trinajstić information content (AvgIpc) is 2.21. The second kappa shape index (κ2) is 8.51. The topological polar surface area (TPSA) is 33.6 Å². The van der Waals surface area contributed by atoms with Crippen LogP contribution in [0.3, 0.4) is 0 Å². The summed E-state index contributed by atoms with van der Waals surface area (Å²) in [5, 5.41) is 3.13. The molecule has 0 aliphatic carbocycles. The maximum atomic E-state index is 5.45. The molecule has 96 valence electrons. The highest BCUT2D eigenvalue weighted by Crippen LogP contribution is 2.55. The van der Waals surface area contributed by atoms with Gasteiger partial charge in [0.05, 0.1) is 6.34 Å². The van der Waals surface area contributed by atoms with E-state index in [0.717, 1.165) is 12.3 Å². The summed E-state index contributed by atoms with van der Waals surface area (Å²) in [6, 6.07) is 0. The molecule has 0 aromatic carbocycles. The molecule has 0 aliphatic heterocycles. The van der Waals surface area contributed by atoms with E-state index in [-0.39, 0.29) is 0 Å². The van der Waals surface area contributed by atoms with Crippen LogP contribution in [0.2, 0.25) is 0 Å². The van der Waals surface area contributed by atoms with Crippen molar-refractivity contribution >= 4 is 35.1 Å². The van der Waals surface area contributed by atoms with Crippen LogP contribution in [-0.2, 0) is 16.3 Å². The molecule has 0 amide bonds. The molecule has 0 saturated carbocycles. The van der Waals surface area contributed by atoms with E-state index in [4.69, 9.17) is 16.3 Å². The first-order chi connectivity index (χ1) is 7.39. The molecule has 0 rings (SSSR count). The van der Waals surface area contributed by atoms with Crippen molar-refractivity contribution in [1.82, 2.24) is 5.09 Å². The van der Waals surface area contributed by atoms with Crippen molar-refractivity contribution in [1.29, 1.82) is 0 Å². The molecule has 6 heteroatoms. The molecule has 0 aliphatic rings. The zero-order valence-corrected chi connectivity index (χ0v) is 13.3. The molecule has 0 aromatic heterocycles. The zero-order valence-electron chi connectivity index (χ0n) is 10.8. The van der Waals surface area contributed by atoms with Gasteiger partial charge in [0.25, 0.3) is 0 Å². The molecule has 0 saturated heterocycles. The smallest absolute Gasteiger partial charge is 0.210 e. The predicted octanol–water partition coefficient (Wildman–Crippen LogP) is 3.52. The van der Waals surface area contributed by atoms with Crippen LogP contribution in [0.15, 0.2) is 4.99 Å². The number of hydrogen-bond acceptors (Lipinski definition) is 4. The van der Waals surface area contributed by atoms with E-state index in [9.17, 15) is 0 Å². The highest BCUT2D eigenvalue weighted by Gasteiger charge is 2.15. The second-order valence-electron chi connectivity index (χ2n) is 4.39. The minimum absolute atomic E-state index is 0.571. The minimum atomic E-state index is -1.96. The summed E-state index contributed by atoms with van der Waals surface area (Å²) in [4.78, 5) is 4.26. The number of rotatable bonds is 8. The largest absolute Gasteiger partial charge is 0.330 e. The lowest BCUT2D eigenvalue weighted by atomic mass is 10.2. The van der Waals surface area contributed by atoms with Crippen molar-refractivity contribution in [2.24, 2.45) is 16.8 Å². The summed E-state index contributed by atoms with van der Waals surface area (Å²) in [6.07, 6.45) is 1.71. The SMILES string of the molecule is COP(=S)(N/C=N/CC(C)C)SCC(C)C. The maximum Gasteiger partial charge on any atom is 0.210 e. The molecule has 1 atom stereocenters. The predicted molar refractivity (Wildman–Crippen MR) is 79.9 cm³/mol. The van der Waals surface area contributed by atoms with Crippen LogP contribution in [0.4, 0.5) is 0 Å². The number of aliphatic imine (C=N–C) groups is 1. The van der Waals surface area contributed by atoms with Crippen LogP contribution in [0.5, 0.6) is 0 Å². The summed E-state index contributed by atoms with van der Waals surface area (Å²) in [5.74, 6) is 2.20. The van der Waals surface area contributed by atoms with Gasteiger partial charge in [0.15, 0.2) is 0 Å². The number of nitrogens with zero attached hydrogens (tertiary/aromatic N) is 1. The molecule has 0 spiro atoms. The van der Waals surface area contributed by atoms with Crippen LogP contribution in [0, 0.1) is 11.8 Å². The first-order valence-corrected chi connectivity index (χ1v) is 9.77. The van der Waals surface area contributed by atoms with Gasteiger partial charge in [-0.25, -0.2) is 0 Å². The fourth-order valence-electron chi connectivity index (χ4n) is 0.765. The molecule has 0 aromatic rings. The Balaban J connectivity index is 4.06. The third-order valence-electron chi connectivity index (χ3n) is 1.60. The number of hydrogen-bond donors (Lipinski definition) is 1. The van der Waals surface area contributed by atoms with E-state index < -0.39 is 5.62 Å². The summed E-state index contributed by atoms with van der Waals surface area (Å²) >= 11 is 7.14. The molecule has 0 bridgehead atoms. The van der Waals surface area contributed by atoms with Crippen LogP contribution in [0.1, 0.15) is 27.7 Å². The molecule has 0 fully saturated rings. The van der Waals surface area contributed by atoms with Gasteiger partial charge in [0, 0.05) is 19.4 Å². The average molecular weight is 282 g/mol. The van der Waals surface area contributed by atoms with E-state index in [1.54, 1.807) is 24.8 Å². The van der Waals surface area contributed by atoms with Gasteiger partial charge in [-0.2, -0.15) is 0 Å². The lowest BCUT2D eigenvalue weighted by Gasteiger charge is -2.19. The van der Waals surface area contributed by atoms with Crippen molar-refractivity contribution in [2.45, 2.75) is 27.7 Å². The van der Waals surface area contributed by atoms with Crippen molar-refractivity contribution in [2.75, 3.05) is 19.4 Å².